The molecule has 3 amide bonds. The van der Waals surface area contributed by atoms with Crippen LogP contribution in [0.25, 0.3) is 0 Å². The molecule has 0 aromatic carbocycles. The lowest BCUT2D eigenvalue weighted by molar-refractivity contribution is -0.130. The third kappa shape index (κ3) is 2.01. The molecule has 0 saturated carbocycles. The standard InChI is InChI=1S/C15H30N2O2Si/c1-10(2)20(11(3)4,12(5)6)17-14(19)16(9)13(18)15(17,7)8/h10-12H,1-9H3. The second kappa shape index (κ2) is 5.17. The van der Waals surface area contributed by atoms with Gasteiger partial charge >= 0.3 is 6.03 Å². The Morgan fingerprint density at radius 1 is 0.900 bits per heavy atom. The summed E-state index contributed by atoms with van der Waals surface area (Å²) in [5.41, 5.74) is 0.497. The second-order valence-electron chi connectivity index (χ2n) is 7.39. The van der Waals surface area contributed by atoms with E-state index in [0.717, 1.165) is 0 Å². The van der Waals surface area contributed by atoms with Crippen molar-refractivity contribution in [3.63, 3.8) is 0 Å². The quantitative estimate of drug-likeness (QED) is 0.584. The topological polar surface area (TPSA) is 40.6 Å². The van der Waals surface area contributed by atoms with E-state index in [1.807, 2.05) is 18.4 Å². The molecule has 1 rings (SSSR count). The lowest BCUT2D eigenvalue weighted by atomic mass is 10.1. The normalized spacial score (nSPS) is 20.0. The van der Waals surface area contributed by atoms with Crippen LogP contribution in [0, 0.1) is 0 Å². The van der Waals surface area contributed by atoms with Crippen LogP contribution in [-0.2, 0) is 4.79 Å². The molecule has 0 radical (unpaired) electrons. The number of carbonyl (C=O) groups excluding carboxylic acids is 2. The van der Waals surface area contributed by atoms with Crippen molar-refractivity contribution >= 4 is 20.2 Å². The molecule has 0 aromatic heterocycles. The first-order valence-electron chi connectivity index (χ1n) is 7.55. The summed E-state index contributed by atoms with van der Waals surface area (Å²) in [4.78, 5) is 26.5. The Hall–Kier alpha value is -0.843. The Bertz CT molecular complexity index is 394. The number of urea groups is 1. The fourth-order valence-electron chi connectivity index (χ4n) is 4.41. The average Bonchev–Trinajstić information content (AvgIpc) is 2.43. The van der Waals surface area contributed by atoms with Gasteiger partial charge in [-0.05, 0) is 30.5 Å². The highest BCUT2D eigenvalue weighted by atomic mass is 28.3. The summed E-state index contributed by atoms with van der Waals surface area (Å²) in [6, 6.07) is -0.109. The molecule has 116 valence electrons. The van der Waals surface area contributed by atoms with Gasteiger partial charge in [-0.3, -0.25) is 9.69 Å². The van der Waals surface area contributed by atoms with E-state index in [0.29, 0.717) is 16.6 Å². The first-order chi connectivity index (χ1) is 8.93. The summed E-state index contributed by atoms with van der Waals surface area (Å²) in [5.74, 6) is -0.0821. The number of nitrogens with zero attached hydrogens (tertiary/aromatic N) is 2. The Morgan fingerprint density at radius 2 is 1.25 bits per heavy atom. The Kier molecular flexibility index (Phi) is 4.45. The van der Waals surface area contributed by atoms with Crippen molar-refractivity contribution in [1.82, 2.24) is 9.47 Å². The van der Waals surface area contributed by atoms with Crippen molar-refractivity contribution in [2.75, 3.05) is 7.05 Å². The maximum atomic E-state index is 12.8. The first-order valence-corrected chi connectivity index (χ1v) is 9.73. The van der Waals surface area contributed by atoms with Gasteiger partial charge < -0.3 is 4.57 Å². The van der Waals surface area contributed by atoms with Crippen LogP contribution in [-0.4, -0.2) is 42.2 Å². The van der Waals surface area contributed by atoms with E-state index in [9.17, 15) is 9.59 Å². The van der Waals surface area contributed by atoms with Gasteiger partial charge in [0.25, 0.3) is 5.91 Å². The third-order valence-electron chi connectivity index (χ3n) is 5.03. The Labute approximate surface area is 124 Å². The van der Waals surface area contributed by atoms with Crippen molar-refractivity contribution in [3.8, 4) is 0 Å². The van der Waals surface area contributed by atoms with Crippen LogP contribution in [0.2, 0.25) is 16.6 Å². The molecule has 0 N–H and O–H groups in total. The monoisotopic (exact) mass is 298 g/mol. The number of likely N-dealkylation sites (N-methyl/N-ethyl adjacent to an activating group) is 1. The molecule has 1 saturated heterocycles. The fourth-order valence-corrected chi connectivity index (χ4v) is 11.5. The molecule has 1 heterocycles. The van der Waals surface area contributed by atoms with Gasteiger partial charge in [-0.25, -0.2) is 4.79 Å². The summed E-state index contributed by atoms with van der Waals surface area (Å²) in [7, 11) is -0.552. The number of imide groups is 1. The minimum Gasteiger partial charge on any atom is -0.337 e. The fraction of sp³-hybridized carbons (Fsp3) is 0.867. The minimum atomic E-state index is -2.16. The molecule has 4 nitrogen and oxygen atoms in total. The van der Waals surface area contributed by atoms with Crippen LogP contribution in [0.4, 0.5) is 4.79 Å². The van der Waals surface area contributed by atoms with Crippen LogP contribution >= 0.6 is 0 Å². The summed E-state index contributed by atoms with van der Waals surface area (Å²) in [6.45, 7) is 17.0. The number of hydrogen-bond donors (Lipinski definition) is 0. The smallest absolute Gasteiger partial charge is 0.319 e. The average molecular weight is 299 g/mol. The van der Waals surface area contributed by atoms with Gasteiger partial charge in [0.1, 0.15) is 5.54 Å². The lowest BCUT2D eigenvalue weighted by Crippen LogP contribution is -2.66. The molecule has 1 aliphatic heterocycles. The van der Waals surface area contributed by atoms with E-state index in [4.69, 9.17) is 0 Å². The van der Waals surface area contributed by atoms with Crippen molar-refractivity contribution < 1.29 is 9.59 Å². The van der Waals surface area contributed by atoms with Crippen LogP contribution in [0.15, 0.2) is 0 Å². The van der Waals surface area contributed by atoms with Crippen LogP contribution < -0.4 is 0 Å². The number of carbonyl (C=O) groups is 2. The zero-order chi connectivity index (χ0) is 16.0. The van der Waals surface area contributed by atoms with Crippen molar-refractivity contribution in [2.45, 2.75) is 77.6 Å². The summed E-state index contributed by atoms with van der Waals surface area (Å²) in [6.07, 6.45) is 0. The molecule has 0 aromatic rings. The maximum absolute atomic E-state index is 12.8. The summed E-state index contributed by atoms with van der Waals surface area (Å²) < 4.78 is 1.99. The van der Waals surface area contributed by atoms with Crippen LogP contribution in [0.1, 0.15) is 55.4 Å². The van der Waals surface area contributed by atoms with Crippen LogP contribution in [0.5, 0.6) is 0 Å². The van der Waals surface area contributed by atoms with Crippen LogP contribution in [0.3, 0.4) is 0 Å². The van der Waals surface area contributed by atoms with E-state index in [1.165, 1.54) is 4.90 Å². The zero-order valence-corrected chi connectivity index (χ0v) is 15.4. The van der Waals surface area contributed by atoms with Gasteiger partial charge in [0.15, 0.2) is 8.24 Å². The second-order valence-corrected chi connectivity index (χ2v) is 13.1. The highest BCUT2D eigenvalue weighted by Crippen LogP contribution is 2.49. The molecule has 5 heteroatoms. The molecule has 1 aliphatic rings. The van der Waals surface area contributed by atoms with E-state index >= 15 is 0 Å². The lowest BCUT2D eigenvalue weighted by Gasteiger charge is -2.52. The SMILES string of the molecule is CC(C)[Si](C(C)C)(C(C)C)N1C(=O)N(C)C(=O)C1(C)C. The molecule has 1 fully saturated rings. The molecular weight excluding hydrogens is 268 g/mol. The van der Waals surface area contributed by atoms with E-state index in [2.05, 4.69) is 41.5 Å². The van der Waals surface area contributed by atoms with Gasteiger partial charge in [0.2, 0.25) is 0 Å². The summed E-state index contributed by atoms with van der Waals surface area (Å²) in [5, 5.41) is 0. The number of rotatable bonds is 4. The number of amides is 3. The van der Waals surface area contributed by atoms with E-state index < -0.39 is 13.8 Å². The highest BCUT2D eigenvalue weighted by molar-refractivity contribution is 6.83. The molecule has 0 atom stereocenters. The largest absolute Gasteiger partial charge is 0.337 e. The Morgan fingerprint density at radius 3 is 1.45 bits per heavy atom. The molecule has 0 unspecified atom stereocenters. The number of hydrogen-bond acceptors (Lipinski definition) is 2. The van der Waals surface area contributed by atoms with E-state index in [-0.39, 0.29) is 11.9 Å². The molecular formula is C15H30N2O2Si. The zero-order valence-electron chi connectivity index (χ0n) is 14.4. The van der Waals surface area contributed by atoms with Gasteiger partial charge in [-0.15, -0.1) is 0 Å². The summed E-state index contributed by atoms with van der Waals surface area (Å²) >= 11 is 0. The molecule has 0 bridgehead atoms. The van der Waals surface area contributed by atoms with Crippen molar-refractivity contribution in [2.24, 2.45) is 0 Å². The van der Waals surface area contributed by atoms with Gasteiger partial charge in [-0.1, -0.05) is 41.5 Å². The molecule has 0 spiro atoms. The minimum absolute atomic E-state index is 0.0821. The molecule has 0 aliphatic carbocycles. The maximum Gasteiger partial charge on any atom is 0.319 e. The molecule has 20 heavy (non-hydrogen) atoms. The predicted molar refractivity (Wildman–Crippen MR) is 85.1 cm³/mol. The van der Waals surface area contributed by atoms with Gasteiger partial charge in [-0.2, -0.15) is 0 Å². The van der Waals surface area contributed by atoms with Gasteiger partial charge in [0, 0.05) is 7.05 Å². The van der Waals surface area contributed by atoms with Gasteiger partial charge in [0.05, 0.1) is 0 Å². The van der Waals surface area contributed by atoms with E-state index in [1.54, 1.807) is 7.05 Å². The van der Waals surface area contributed by atoms with Crippen molar-refractivity contribution in [1.29, 1.82) is 0 Å². The highest BCUT2D eigenvalue weighted by Gasteiger charge is 2.62. The Balaban J connectivity index is 3.57. The van der Waals surface area contributed by atoms with Crippen molar-refractivity contribution in [3.05, 3.63) is 0 Å². The predicted octanol–water partition coefficient (Wildman–Crippen LogP) is 3.83. The first kappa shape index (κ1) is 17.2. The third-order valence-corrected chi connectivity index (χ3v) is 12.1.